The molecule has 94 valence electrons. The summed E-state index contributed by atoms with van der Waals surface area (Å²) in [7, 11) is 1.42. The molecule has 0 amide bonds. The molecular formula is C11H21NO3S. The molecule has 1 aliphatic heterocycles. The Morgan fingerprint density at radius 3 is 3.12 bits per heavy atom. The van der Waals surface area contributed by atoms with Crippen molar-refractivity contribution in [3.63, 3.8) is 0 Å². The lowest BCUT2D eigenvalue weighted by Gasteiger charge is -2.32. The van der Waals surface area contributed by atoms with Crippen LogP contribution in [0.1, 0.15) is 12.8 Å². The summed E-state index contributed by atoms with van der Waals surface area (Å²) in [6, 6.07) is 0. The molecule has 1 unspecified atom stereocenters. The van der Waals surface area contributed by atoms with E-state index in [0.29, 0.717) is 6.42 Å². The van der Waals surface area contributed by atoms with Gasteiger partial charge in [0.25, 0.3) is 0 Å². The number of hydrogen-bond acceptors (Lipinski definition) is 5. The number of carbonyl (C=O) groups excluding carboxylic acids is 1. The normalized spacial score (nSPS) is 22.0. The van der Waals surface area contributed by atoms with Crippen molar-refractivity contribution in [2.75, 3.05) is 45.4 Å². The monoisotopic (exact) mass is 247 g/mol. The quantitative estimate of drug-likeness (QED) is 0.517. The maximum atomic E-state index is 11.1. The molecule has 0 spiro atoms. The van der Waals surface area contributed by atoms with Gasteiger partial charge in [-0.05, 0) is 25.0 Å². The van der Waals surface area contributed by atoms with E-state index in [1.807, 2.05) is 11.8 Å². The molecule has 0 bridgehead atoms. The second-order valence-electron chi connectivity index (χ2n) is 3.92. The van der Waals surface area contributed by atoms with E-state index in [4.69, 9.17) is 4.74 Å². The van der Waals surface area contributed by atoms with Crippen LogP contribution in [0.15, 0.2) is 0 Å². The topological polar surface area (TPSA) is 38.8 Å². The van der Waals surface area contributed by atoms with Crippen molar-refractivity contribution >= 4 is 17.7 Å². The van der Waals surface area contributed by atoms with Crippen LogP contribution in [0.4, 0.5) is 0 Å². The largest absolute Gasteiger partial charge is 0.469 e. The molecule has 0 aromatic rings. The number of morpholine rings is 1. The van der Waals surface area contributed by atoms with Gasteiger partial charge < -0.3 is 9.47 Å². The third kappa shape index (κ3) is 5.18. The van der Waals surface area contributed by atoms with E-state index in [2.05, 4.69) is 15.9 Å². The molecular weight excluding hydrogens is 226 g/mol. The van der Waals surface area contributed by atoms with Gasteiger partial charge >= 0.3 is 5.97 Å². The van der Waals surface area contributed by atoms with Crippen LogP contribution in [0.25, 0.3) is 0 Å². The van der Waals surface area contributed by atoms with Crippen LogP contribution in [0.2, 0.25) is 0 Å². The molecule has 1 saturated heterocycles. The fourth-order valence-corrected chi connectivity index (χ4v) is 2.23. The van der Waals surface area contributed by atoms with Crippen LogP contribution < -0.4 is 0 Å². The fourth-order valence-electron chi connectivity index (χ4n) is 1.81. The average molecular weight is 247 g/mol. The van der Waals surface area contributed by atoms with Gasteiger partial charge in [-0.2, -0.15) is 11.8 Å². The minimum atomic E-state index is -0.184. The van der Waals surface area contributed by atoms with Gasteiger partial charge in [-0.3, -0.25) is 9.69 Å². The van der Waals surface area contributed by atoms with Crippen LogP contribution in [0, 0.1) is 0 Å². The average Bonchev–Trinajstić information content (AvgIpc) is 2.30. The molecule has 0 N–H and O–H groups in total. The number of nitrogens with zero attached hydrogens (tertiary/aromatic N) is 1. The Morgan fingerprint density at radius 1 is 1.62 bits per heavy atom. The Bertz CT molecular complexity index is 213. The van der Waals surface area contributed by atoms with Crippen molar-refractivity contribution in [3.05, 3.63) is 0 Å². The number of methoxy groups -OCH3 is 1. The van der Waals surface area contributed by atoms with Crippen molar-refractivity contribution in [2.24, 2.45) is 0 Å². The van der Waals surface area contributed by atoms with Crippen LogP contribution >= 0.6 is 11.8 Å². The molecule has 0 saturated carbocycles. The molecule has 1 fully saturated rings. The lowest BCUT2D eigenvalue weighted by molar-refractivity contribution is -0.145. The molecule has 16 heavy (non-hydrogen) atoms. The van der Waals surface area contributed by atoms with Crippen molar-refractivity contribution in [1.82, 2.24) is 4.90 Å². The maximum absolute atomic E-state index is 11.1. The summed E-state index contributed by atoms with van der Waals surface area (Å²) >= 11 is 1.87. The van der Waals surface area contributed by atoms with E-state index in [1.54, 1.807) is 0 Å². The van der Waals surface area contributed by atoms with Crippen molar-refractivity contribution in [3.8, 4) is 0 Å². The number of carbonyl (C=O) groups is 1. The van der Waals surface area contributed by atoms with E-state index in [-0.39, 0.29) is 12.1 Å². The zero-order chi connectivity index (χ0) is 11.8. The highest BCUT2D eigenvalue weighted by Gasteiger charge is 2.22. The number of rotatable bonds is 6. The summed E-state index contributed by atoms with van der Waals surface area (Å²) in [6.45, 7) is 3.65. The Balaban J connectivity index is 2.21. The molecule has 1 heterocycles. The van der Waals surface area contributed by atoms with Crippen LogP contribution in [0.3, 0.4) is 0 Å². The molecule has 0 aliphatic carbocycles. The van der Waals surface area contributed by atoms with E-state index in [9.17, 15) is 4.79 Å². The van der Waals surface area contributed by atoms with Crippen molar-refractivity contribution in [2.45, 2.75) is 18.9 Å². The standard InChI is InChI=1S/C11H21NO3S/c1-14-11(13)8-10-9-12(5-6-15-10)4-3-7-16-2/h10H,3-9H2,1-2H3. The Hall–Kier alpha value is -0.260. The SMILES string of the molecule is COC(=O)CC1CN(CCCSC)CCO1. The van der Waals surface area contributed by atoms with Gasteiger partial charge in [-0.25, -0.2) is 0 Å². The molecule has 5 heteroatoms. The van der Waals surface area contributed by atoms with Crippen molar-refractivity contribution in [1.29, 1.82) is 0 Å². The zero-order valence-electron chi connectivity index (χ0n) is 10.1. The van der Waals surface area contributed by atoms with Crippen LogP contribution in [-0.4, -0.2) is 62.3 Å². The van der Waals surface area contributed by atoms with Crippen LogP contribution in [-0.2, 0) is 14.3 Å². The second kappa shape index (κ2) is 7.92. The first kappa shape index (κ1) is 13.8. The molecule has 1 atom stereocenters. The maximum Gasteiger partial charge on any atom is 0.308 e. The summed E-state index contributed by atoms with van der Waals surface area (Å²) in [5.74, 6) is 1.01. The lowest BCUT2D eigenvalue weighted by atomic mass is 10.2. The number of esters is 1. The van der Waals surface area contributed by atoms with E-state index >= 15 is 0 Å². The third-order valence-electron chi connectivity index (χ3n) is 2.67. The highest BCUT2D eigenvalue weighted by Crippen LogP contribution is 2.10. The van der Waals surface area contributed by atoms with Crippen molar-refractivity contribution < 1.29 is 14.3 Å². The first-order valence-electron chi connectivity index (χ1n) is 5.66. The zero-order valence-corrected chi connectivity index (χ0v) is 10.9. The molecule has 1 aliphatic rings. The van der Waals surface area contributed by atoms with E-state index in [1.165, 1.54) is 19.3 Å². The van der Waals surface area contributed by atoms with Gasteiger partial charge in [0.05, 0.1) is 26.2 Å². The first-order chi connectivity index (χ1) is 7.76. The first-order valence-corrected chi connectivity index (χ1v) is 7.05. The predicted octanol–water partition coefficient (Wildman–Crippen LogP) is 1.00. The van der Waals surface area contributed by atoms with Gasteiger partial charge in [0.2, 0.25) is 0 Å². The summed E-state index contributed by atoms with van der Waals surface area (Å²) in [5.41, 5.74) is 0. The molecule has 1 rings (SSSR count). The van der Waals surface area contributed by atoms with Gasteiger partial charge in [-0.1, -0.05) is 0 Å². The predicted molar refractivity (Wildman–Crippen MR) is 65.8 cm³/mol. The smallest absolute Gasteiger partial charge is 0.308 e. The fraction of sp³-hybridized carbons (Fsp3) is 0.909. The van der Waals surface area contributed by atoms with Gasteiger partial charge in [-0.15, -0.1) is 0 Å². The Labute approximate surface area is 102 Å². The lowest BCUT2D eigenvalue weighted by Crippen LogP contribution is -2.43. The minimum Gasteiger partial charge on any atom is -0.469 e. The van der Waals surface area contributed by atoms with Crippen LogP contribution in [0.5, 0.6) is 0 Å². The number of hydrogen-bond donors (Lipinski definition) is 0. The highest BCUT2D eigenvalue weighted by atomic mass is 32.2. The molecule has 0 aromatic heterocycles. The summed E-state index contributed by atoms with van der Waals surface area (Å²) in [5, 5.41) is 0. The van der Waals surface area contributed by atoms with Gasteiger partial charge in [0, 0.05) is 13.1 Å². The third-order valence-corrected chi connectivity index (χ3v) is 3.36. The second-order valence-corrected chi connectivity index (χ2v) is 4.91. The Morgan fingerprint density at radius 2 is 2.44 bits per heavy atom. The van der Waals surface area contributed by atoms with Gasteiger partial charge in [0.1, 0.15) is 0 Å². The van der Waals surface area contributed by atoms with Gasteiger partial charge in [0.15, 0.2) is 0 Å². The summed E-state index contributed by atoms with van der Waals surface area (Å²) in [6.07, 6.45) is 3.71. The number of ether oxygens (including phenoxy) is 2. The molecule has 4 nitrogen and oxygen atoms in total. The van der Waals surface area contributed by atoms with E-state index < -0.39 is 0 Å². The molecule has 0 aromatic carbocycles. The summed E-state index contributed by atoms with van der Waals surface area (Å²) in [4.78, 5) is 13.5. The summed E-state index contributed by atoms with van der Waals surface area (Å²) < 4.78 is 10.2. The minimum absolute atomic E-state index is 0.00970. The number of thioether (sulfide) groups is 1. The molecule has 0 radical (unpaired) electrons. The highest BCUT2D eigenvalue weighted by molar-refractivity contribution is 7.98. The van der Waals surface area contributed by atoms with E-state index in [0.717, 1.165) is 26.2 Å². The Kier molecular flexibility index (Phi) is 6.84.